The summed E-state index contributed by atoms with van der Waals surface area (Å²) in [7, 11) is 1.60. The number of methoxy groups -OCH3 is 1. The van der Waals surface area contributed by atoms with Crippen LogP contribution in [0.5, 0.6) is 5.75 Å². The summed E-state index contributed by atoms with van der Waals surface area (Å²) < 4.78 is 15.3. The number of ether oxygens (including phenoxy) is 3. The predicted molar refractivity (Wildman–Crippen MR) is 59.4 cm³/mol. The molecule has 0 bridgehead atoms. The Hall–Kier alpha value is -1.39. The van der Waals surface area contributed by atoms with Crippen LogP contribution < -0.4 is 4.74 Å². The second-order valence-corrected chi connectivity index (χ2v) is 3.11. The highest BCUT2D eigenvalue weighted by molar-refractivity contribution is 5.60. The van der Waals surface area contributed by atoms with Crippen molar-refractivity contribution in [1.29, 1.82) is 0 Å². The number of hydrogen-bond acceptors (Lipinski definition) is 4. The molecule has 1 aromatic rings. The zero-order chi connectivity index (χ0) is 11.8. The smallest absolute Gasteiger partial charge is 0.153 e. The number of benzene rings is 1. The molecule has 0 amide bonds. The first-order chi connectivity index (χ1) is 7.81. The van der Waals surface area contributed by atoms with Gasteiger partial charge in [-0.2, -0.15) is 0 Å². The molecule has 1 atom stereocenters. The highest BCUT2D eigenvalue weighted by Gasteiger charge is 2.10. The molecule has 0 spiro atoms. The lowest BCUT2D eigenvalue weighted by Crippen LogP contribution is -2.09. The summed E-state index contributed by atoms with van der Waals surface area (Å²) in [6.45, 7) is 2.55. The van der Waals surface area contributed by atoms with Gasteiger partial charge in [0, 0.05) is 6.61 Å². The van der Waals surface area contributed by atoms with Crippen LogP contribution in [0, 0.1) is 0 Å². The summed E-state index contributed by atoms with van der Waals surface area (Å²) in [5.74, 6) is 0.748. The maximum Gasteiger partial charge on any atom is 0.153 e. The first-order valence-corrected chi connectivity index (χ1v) is 5.10. The first-order valence-electron chi connectivity index (χ1n) is 5.10. The minimum Gasteiger partial charge on any atom is -0.497 e. The summed E-state index contributed by atoms with van der Waals surface area (Å²) in [5.41, 5.74) is 0.788. The third-order valence-corrected chi connectivity index (χ3v) is 2.10. The van der Waals surface area contributed by atoms with Crippen LogP contribution in [0.15, 0.2) is 24.3 Å². The Bertz CT molecular complexity index is 307. The Morgan fingerprint density at radius 1 is 1.31 bits per heavy atom. The van der Waals surface area contributed by atoms with E-state index in [2.05, 4.69) is 0 Å². The summed E-state index contributed by atoms with van der Waals surface area (Å²) in [5, 5.41) is 0. The zero-order valence-corrected chi connectivity index (χ0v) is 9.51. The molecule has 0 aromatic heterocycles. The van der Waals surface area contributed by atoms with Crippen molar-refractivity contribution >= 4 is 6.29 Å². The molecule has 0 fully saturated rings. The van der Waals surface area contributed by atoms with E-state index in [1.165, 1.54) is 0 Å². The quantitative estimate of drug-likeness (QED) is 0.403. The average Bonchev–Trinajstić information content (AvgIpc) is 2.35. The fourth-order valence-corrected chi connectivity index (χ4v) is 1.21. The minimum absolute atomic E-state index is 0.117. The number of rotatable bonds is 7. The largest absolute Gasteiger partial charge is 0.497 e. The highest BCUT2D eigenvalue weighted by Crippen LogP contribution is 2.18. The number of carbonyl (C=O) groups is 1. The molecule has 0 unspecified atom stereocenters. The van der Waals surface area contributed by atoms with E-state index in [1.807, 2.05) is 6.92 Å². The lowest BCUT2D eigenvalue weighted by molar-refractivity contribution is -0.130. The summed E-state index contributed by atoms with van der Waals surface area (Å²) >= 11 is 0. The van der Waals surface area contributed by atoms with Gasteiger partial charge in [-0.15, -0.1) is 0 Å². The fraction of sp³-hybridized carbons (Fsp3) is 0.417. The van der Waals surface area contributed by atoms with E-state index in [0.29, 0.717) is 6.61 Å². The van der Waals surface area contributed by atoms with Gasteiger partial charge in [0.1, 0.15) is 18.6 Å². The lowest BCUT2D eigenvalue weighted by Gasteiger charge is -2.12. The van der Waals surface area contributed by atoms with Crippen molar-refractivity contribution in [3.63, 3.8) is 0 Å². The third-order valence-electron chi connectivity index (χ3n) is 2.10. The second-order valence-electron chi connectivity index (χ2n) is 3.11. The molecule has 4 heteroatoms. The Morgan fingerprint density at radius 3 is 2.50 bits per heavy atom. The Balaban J connectivity index is 2.60. The van der Waals surface area contributed by atoms with Crippen LogP contribution in [0.4, 0.5) is 0 Å². The number of hydrogen-bond donors (Lipinski definition) is 0. The van der Waals surface area contributed by atoms with Crippen molar-refractivity contribution in [1.82, 2.24) is 0 Å². The molecule has 4 nitrogen and oxygen atoms in total. The van der Waals surface area contributed by atoms with Crippen LogP contribution in [0.3, 0.4) is 0 Å². The van der Waals surface area contributed by atoms with E-state index < -0.39 is 6.10 Å². The van der Waals surface area contributed by atoms with Gasteiger partial charge in [-0.3, -0.25) is 0 Å². The van der Waals surface area contributed by atoms with Crippen LogP contribution in [-0.2, 0) is 14.3 Å². The second kappa shape index (κ2) is 6.98. The molecule has 1 rings (SSSR count). The molecular formula is C12H16O4. The standard InChI is InChI=1S/C12H16O4/c1-3-15-9-16-12(8-13)10-4-6-11(14-2)7-5-10/h4-8,12H,3,9H2,1-2H3/t12-/m0/s1. The van der Waals surface area contributed by atoms with Crippen LogP contribution >= 0.6 is 0 Å². The summed E-state index contributed by atoms with van der Waals surface area (Å²) in [4.78, 5) is 10.8. The predicted octanol–water partition coefficient (Wildman–Crippen LogP) is 1.95. The van der Waals surface area contributed by atoms with Crippen LogP contribution in [0.25, 0.3) is 0 Å². The monoisotopic (exact) mass is 224 g/mol. The SMILES string of the molecule is CCOCO[C@@H](C=O)c1ccc(OC)cc1. The van der Waals surface area contributed by atoms with Gasteiger partial charge in [0.15, 0.2) is 6.29 Å². The molecule has 1 aromatic carbocycles. The van der Waals surface area contributed by atoms with Crippen LogP contribution in [-0.4, -0.2) is 26.8 Å². The van der Waals surface area contributed by atoms with Crippen molar-refractivity contribution in [3.8, 4) is 5.75 Å². The van der Waals surface area contributed by atoms with Crippen molar-refractivity contribution < 1.29 is 19.0 Å². The third kappa shape index (κ3) is 3.64. The first kappa shape index (κ1) is 12.7. The Kier molecular flexibility index (Phi) is 5.53. The van der Waals surface area contributed by atoms with Gasteiger partial charge in [-0.05, 0) is 24.6 Å². The van der Waals surface area contributed by atoms with Gasteiger partial charge >= 0.3 is 0 Å². The van der Waals surface area contributed by atoms with Crippen molar-refractivity contribution in [3.05, 3.63) is 29.8 Å². The molecule has 16 heavy (non-hydrogen) atoms. The minimum atomic E-state index is -0.586. The molecule has 0 saturated heterocycles. The molecule has 0 heterocycles. The maximum absolute atomic E-state index is 10.8. The van der Waals surface area contributed by atoms with E-state index in [0.717, 1.165) is 17.6 Å². The Labute approximate surface area is 95.1 Å². The molecule has 0 saturated carbocycles. The number of carbonyl (C=O) groups excluding carboxylic acids is 1. The van der Waals surface area contributed by atoms with Gasteiger partial charge < -0.3 is 19.0 Å². The summed E-state index contributed by atoms with van der Waals surface area (Å²) in [6.07, 6.45) is 0.165. The van der Waals surface area contributed by atoms with E-state index in [9.17, 15) is 4.79 Å². The van der Waals surface area contributed by atoms with E-state index in [-0.39, 0.29) is 6.79 Å². The van der Waals surface area contributed by atoms with E-state index >= 15 is 0 Å². The van der Waals surface area contributed by atoms with Crippen molar-refractivity contribution in [2.45, 2.75) is 13.0 Å². The molecule has 0 radical (unpaired) electrons. The van der Waals surface area contributed by atoms with Gasteiger partial charge in [0.2, 0.25) is 0 Å². The van der Waals surface area contributed by atoms with Gasteiger partial charge in [-0.25, -0.2) is 0 Å². The van der Waals surface area contributed by atoms with Crippen LogP contribution in [0.1, 0.15) is 18.6 Å². The molecule has 0 aliphatic rings. The lowest BCUT2D eigenvalue weighted by atomic mass is 10.1. The normalized spacial score (nSPS) is 12.1. The molecule has 0 aliphatic heterocycles. The highest BCUT2D eigenvalue weighted by atomic mass is 16.7. The van der Waals surface area contributed by atoms with Crippen molar-refractivity contribution in [2.75, 3.05) is 20.5 Å². The van der Waals surface area contributed by atoms with Gasteiger partial charge in [-0.1, -0.05) is 12.1 Å². The maximum atomic E-state index is 10.8. The summed E-state index contributed by atoms with van der Waals surface area (Å²) in [6, 6.07) is 7.17. The topological polar surface area (TPSA) is 44.8 Å². The molecule has 0 aliphatic carbocycles. The number of aldehydes is 1. The van der Waals surface area contributed by atoms with E-state index in [1.54, 1.807) is 31.4 Å². The van der Waals surface area contributed by atoms with Crippen molar-refractivity contribution in [2.24, 2.45) is 0 Å². The average molecular weight is 224 g/mol. The zero-order valence-electron chi connectivity index (χ0n) is 9.51. The molecule has 88 valence electrons. The van der Waals surface area contributed by atoms with Crippen LogP contribution in [0.2, 0.25) is 0 Å². The molecule has 0 N–H and O–H groups in total. The van der Waals surface area contributed by atoms with Gasteiger partial charge in [0.25, 0.3) is 0 Å². The fourth-order valence-electron chi connectivity index (χ4n) is 1.21. The van der Waals surface area contributed by atoms with E-state index in [4.69, 9.17) is 14.2 Å². The molecular weight excluding hydrogens is 208 g/mol. The van der Waals surface area contributed by atoms with Gasteiger partial charge in [0.05, 0.1) is 7.11 Å². The Morgan fingerprint density at radius 2 is 2.00 bits per heavy atom.